The van der Waals surface area contributed by atoms with Gasteiger partial charge in [0, 0.05) is 31.1 Å². The summed E-state index contributed by atoms with van der Waals surface area (Å²) in [4.78, 5) is 13.1. The maximum Gasteiger partial charge on any atom is 0.336 e. The molecule has 2 fully saturated rings. The van der Waals surface area contributed by atoms with Gasteiger partial charge in [-0.2, -0.15) is 4.31 Å². The number of piperidine rings is 1. The summed E-state index contributed by atoms with van der Waals surface area (Å²) in [5, 5.41) is 10.3. The normalized spacial score (nSPS) is 27.7. The SMILES string of the molecule is CN1C[C@@H]2CCCN(S(=O)(=O)c3cc(C(=O)O)cs3)[C@@H]2C1. The molecule has 1 aromatic heterocycles. The molecule has 3 heterocycles. The van der Waals surface area contributed by atoms with Gasteiger partial charge in [-0.05, 0) is 31.9 Å². The fourth-order valence-corrected chi connectivity index (χ4v) is 6.32. The van der Waals surface area contributed by atoms with E-state index < -0.39 is 16.0 Å². The van der Waals surface area contributed by atoms with E-state index in [2.05, 4.69) is 4.90 Å². The number of hydrogen-bond donors (Lipinski definition) is 1. The lowest BCUT2D eigenvalue weighted by Gasteiger charge is -2.35. The Morgan fingerprint density at radius 3 is 2.86 bits per heavy atom. The van der Waals surface area contributed by atoms with Gasteiger partial charge < -0.3 is 10.0 Å². The molecule has 21 heavy (non-hydrogen) atoms. The second kappa shape index (κ2) is 5.35. The molecule has 2 atom stereocenters. The number of sulfonamides is 1. The maximum atomic E-state index is 12.8. The number of carbonyl (C=O) groups is 1. The van der Waals surface area contributed by atoms with Crippen LogP contribution in [0.1, 0.15) is 23.2 Å². The molecule has 0 aliphatic carbocycles. The van der Waals surface area contributed by atoms with E-state index in [-0.39, 0.29) is 15.8 Å². The highest BCUT2D eigenvalue weighted by Crippen LogP contribution is 2.35. The minimum absolute atomic E-state index is 0.0177. The van der Waals surface area contributed by atoms with Crippen molar-refractivity contribution < 1.29 is 18.3 Å². The standard InChI is InChI=1S/C13H18N2O4S2/c1-14-6-9-3-2-4-15(11(9)7-14)21(18,19)12-5-10(8-20-12)13(16)17/h5,8-9,11H,2-4,6-7H2,1H3,(H,16,17)/t9-,11+/m0/s1. The van der Waals surface area contributed by atoms with Gasteiger partial charge >= 0.3 is 5.97 Å². The molecule has 0 radical (unpaired) electrons. The topological polar surface area (TPSA) is 77.9 Å². The summed E-state index contributed by atoms with van der Waals surface area (Å²) in [5.41, 5.74) is 0.0377. The molecule has 2 aliphatic heterocycles. The highest BCUT2D eigenvalue weighted by molar-refractivity contribution is 7.91. The Bertz CT molecular complexity index is 655. The first-order valence-electron chi connectivity index (χ1n) is 6.92. The van der Waals surface area contributed by atoms with Crippen LogP contribution in [0.25, 0.3) is 0 Å². The van der Waals surface area contributed by atoms with E-state index in [0.29, 0.717) is 12.5 Å². The summed E-state index contributed by atoms with van der Waals surface area (Å²) in [7, 11) is -1.58. The summed E-state index contributed by atoms with van der Waals surface area (Å²) in [6.07, 6.45) is 1.93. The van der Waals surface area contributed by atoms with Crippen molar-refractivity contribution in [3.63, 3.8) is 0 Å². The number of likely N-dealkylation sites (N-methyl/N-ethyl adjacent to an activating group) is 1. The lowest BCUT2D eigenvalue weighted by molar-refractivity contribution is 0.0697. The van der Waals surface area contributed by atoms with Gasteiger partial charge in [0.2, 0.25) is 0 Å². The van der Waals surface area contributed by atoms with Crippen molar-refractivity contribution in [1.29, 1.82) is 0 Å². The number of fused-ring (bicyclic) bond motifs is 1. The van der Waals surface area contributed by atoms with Gasteiger partial charge in [-0.1, -0.05) is 0 Å². The van der Waals surface area contributed by atoms with Gasteiger partial charge in [0.25, 0.3) is 10.0 Å². The van der Waals surface area contributed by atoms with Crippen LogP contribution in [0.2, 0.25) is 0 Å². The Kier molecular flexibility index (Phi) is 3.81. The van der Waals surface area contributed by atoms with E-state index in [0.717, 1.165) is 37.3 Å². The van der Waals surface area contributed by atoms with Crippen molar-refractivity contribution in [2.24, 2.45) is 5.92 Å². The third kappa shape index (κ3) is 2.61. The lowest BCUT2D eigenvalue weighted by Crippen LogP contribution is -2.48. The highest BCUT2D eigenvalue weighted by atomic mass is 32.2. The minimum atomic E-state index is -3.59. The minimum Gasteiger partial charge on any atom is -0.478 e. The molecule has 0 aromatic carbocycles. The Morgan fingerprint density at radius 1 is 1.43 bits per heavy atom. The summed E-state index contributed by atoms with van der Waals surface area (Å²) in [6, 6.07) is 1.29. The van der Waals surface area contributed by atoms with Crippen molar-refractivity contribution >= 4 is 27.3 Å². The summed E-state index contributed by atoms with van der Waals surface area (Å²) in [5.74, 6) is -0.706. The largest absolute Gasteiger partial charge is 0.478 e. The molecule has 8 heteroatoms. The van der Waals surface area contributed by atoms with Crippen molar-refractivity contribution in [2.45, 2.75) is 23.1 Å². The van der Waals surface area contributed by atoms with E-state index >= 15 is 0 Å². The zero-order chi connectivity index (χ0) is 15.2. The summed E-state index contributed by atoms with van der Waals surface area (Å²) < 4.78 is 27.3. The number of aromatic carboxylic acids is 1. The zero-order valence-electron chi connectivity index (χ0n) is 11.7. The van der Waals surface area contributed by atoms with Crippen LogP contribution in [-0.4, -0.2) is 61.4 Å². The van der Waals surface area contributed by atoms with Crippen molar-refractivity contribution in [3.05, 3.63) is 17.0 Å². The van der Waals surface area contributed by atoms with Crippen LogP contribution in [0, 0.1) is 5.92 Å². The monoisotopic (exact) mass is 330 g/mol. The summed E-state index contributed by atoms with van der Waals surface area (Å²) >= 11 is 0.989. The fraction of sp³-hybridized carbons (Fsp3) is 0.615. The smallest absolute Gasteiger partial charge is 0.336 e. The predicted octanol–water partition coefficient (Wildman–Crippen LogP) is 1.16. The Hall–Kier alpha value is -0.960. The quantitative estimate of drug-likeness (QED) is 0.900. The second-order valence-electron chi connectivity index (χ2n) is 5.77. The molecule has 1 N–H and O–H groups in total. The van der Waals surface area contributed by atoms with Crippen LogP contribution in [0.4, 0.5) is 0 Å². The number of carboxylic acid groups (broad SMARTS) is 1. The van der Waals surface area contributed by atoms with Crippen LogP contribution in [0.15, 0.2) is 15.7 Å². The van der Waals surface area contributed by atoms with Gasteiger partial charge in [0.05, 0.1) is 5.56 Å². The third-order valence-corrected chi connectivity index (χ3v) is 7.64. The van der Waals surface area contributed by atoms with Crippen LogP contribution < -0.4 is 0 Å². The van der Waals surface area contributed by atoms with Crippen LogP contribution in [-0.2, 0) is 10.0 Å². The van der Waals surface area contributed by atoms with E-state index in [1.165, 1.54) is 11.4 Å². The maximum absolute atomic E-state index is 12.8. The van der Waals surface area contributed by atoms with E-state index in [4.69, 9.17) is 5.11 Å². The van der Waals surface area contributed by atoms with Gasteiger partial charge in [-0.25, -0.2) is 13.2 Å². The van der Waals surface area contributed by atoms with E-state index in [1.54, 1.807) is 4.31 Å². The number of rotatable bonds is 3. The number of likely N-dealkylation sites (tertiary alicyclic amines) is 1. The first-order valence-corrected chi connectivity index (χ1v) is 9.24. The number of thiophene rings is 1. The van der Waals surface area contributed by atoms with Crippen molar-refractivity contribution in [1.82, 2.24) is 9.21 Å². The average Bonchev–Trinajstić information content (AvgIpc) is 3.03. The molecule has 0 amide bonds. The zero-order valence-corrected chi connectivity index (χ0v) is 13.4. The molecule has 2 saturated heterocycles. The predicted molar refractivity (Wildman–Crippen MR) is 79.2 cm³/mol. The van der Waals surface area contributed by atoms with Crippen molar-refractivity contribution in [2.75, 3.05) is 26.7 Å². The molecule has 0 saturated carbocycles. The molecule has 0 unspecified atom stereocenters. The van der Waals surface area contributed by atoms with Gasteiger partial charge in [-0.15, -0.1) is 11.3 Å². The Balaban J connectivity index is 1.91. The number of carboxylic acids is 1. The third-order valence-electron chi connectivity index (χ3n) is 4.30. The van der Waals surface area contributed by atoms with E-state index in [1.807, 2.05) is 7.05 Å². The van der Waals surface area contributed by atoms with Crippen LogP contribution >= 0.6 is 11.3 Å². The van der Waals surface area contributed by atoms with Crippen LogP contribution in [0.3, 0.4) is 0 Å². The Labute approximate surface area is 128 Å². The summed E-state index contributed by atoms with van der Waals surface area (Å²) in [6.45, 7) is 2.21. The second-order valence-corrected chi connectivity index (χ2v) is 8.79. The molecule has 0 spiro atoms. The molecule has 1 aromatic rings. The van der Waals surface area contributed by atoms with Crippen LogP contribution in [0.5, 0.6) is 0 Å². The number of hydrogen-bond acceptors (Lipinski definition) is 5. The lowest BCUT2D eigenvalue weighted by atomic mass is 9.94. The van der Waals surface area contributed by atoms with Gasteiger partial charge in [-0.3, -0.25) is 0 Å². The molecule has 6 nitrogen and oxygen atoms in total. The van der Waals surface area contributed by atoms with Gasteiger partial charge in [0.1, 0.15) is 4.21 Å². The highest BCUT2D eigenvalue weighted by Gasteiger charge is 2.43. The molecule has 2 aliphatic rings. The Morgan fingerprint density at radius 2 is 2.19 bits per heavy atom. The molecule has 3 rings (SSSR count). The van der Waals surface area contributed by atoms with E-state index in [9.17, 15) is 13.2 Å². The van der Waals surface area contributed by atoms with Gasteiger partial charge in [0.15, 0.2) is 0 Å². The molecular weight excluding hydrogens is 312 g/mol. The molecule has 116 valence electrons. The van der Waals surface area contributed by atoms with Crippen molar-refractivity contribution in [3.8, 4) is 0 Å². The molecular formula is C13H18N2O4S2. The molecule has 0 bridgehead atoms. The first kappa shape index (κ1) is 15.0. The first-order chi connectivity index (χ1) is 9.89. The fourth-order valence-electron chi connectivity index (χ4n) is 3.33. The average molecular weight is 330 g/mol. The number of nitrogens with zero attached hydrogens (tertiary/aromatic N) is 2.